The van der Waals surface area contributed by atoms with E-state index in [4.69, 9.17) is 0 Å². The molecule has 7 heteroatoms. The number of hydrogen-bond acceptors (Lipinski definition) is 3. The van der Waals surface area contributed by atoms with Gasteiger partial charge < -0.3 is 10.2 Å². The first kappa shape index (κ1) is 23.5. The molecule has 0 atom stereocenters. The summed E-state index contributed by atoms with van der Waals surface area (Å²) in [4.78, 5) is 28.4. The summed E-state index contributed by atoms with van der Waals surface area (Å²) in [6, 6.07) is 25.1. The maximum Gasteiger partial charge on any atom is 0.259 e. The van der Waals surface area contributed by atoms with Crippen LogP contribution in [0.1, 0.15) is 39.1 Å². The van der Waals surface area contributed by atoms with E-state index in [0.29, 0.717) is 30.3 Å². The van der Waals surface area contributed by atoms with Crippen LogP contribution in [-0.2, 0) is 6.42 Å². The number of rotatable bonds is 6. The molecule has 36 heavy (non-hydrogen) atoms. The molecule has 1 saturated heterocycles. The number of nitrogens with zero attached hydrogens (tertiary/aromatic N) is 3. The molecule has 1 aliphatic heterocycles. The summed E-state index contributed by atoms with van der Waals surface area (Å²) in [6.07, 6.45) is 4.33. The topological polar surface area (TPSA) is 67.2 Å². The first-order chi connectivity index (χ1) is 17.6. The Kier molecular flexibility index (Phi) is 6.89. The molecule has 2 heterocycles. The number of nitrogens with one attached hydrogen (secondary N) is 1. The summed E-state index contributed by atoms with van der Waals surface area (Å²) in [7, 11) is 0. The van der Waals surface area contributed by atoms with Crippen LogP contribution < -0.4 is 5.32 Å². The van der Waals surface area contributed by atoms with Gasteiger partial charge in [-0.2, -0.15) is 5.10 Å². The number of benzene rings is 3. The zero-order valence-electron chi connectivity index (χ0n) is 19.8. The number of para-hydroxylation sites is 1. The molecule has 1 N–H and O–H groups in total. The fourth-order valence-corrected chi connectivity index (χ4v) is 4.66. The van der Waals surface area contributed by atoms with Crippen LogP contribution in [0.3, 0.4) is 0 Å². The first-order valence-corrected chi connectivity index (χ1v) is 12.1. The molecule has 2 amide bonds. The monoisotopic (exact) mass is 482 g/mol. The van der Waals surface area contributed by atoms with E-state index in [2.05, 4.69) is 34.7 Å². The predicted octanol–water partition coefficient (Wildman–Crippen LogP) is 5.36. The number of carbonyl (C=O) groups is 2. The Morgan fingerprint density at radius 2 is 1.61 bits per heavy atom. The third kappa shape index (κ3) is 5.20. The molecular weight excluding hydrogens is 455 g/mol. The van der Waals surface area contributed by atoms with Gasteiger partial charge in [-0.05, 0) is 61.1 Å². The number of halogens is 1. The molecule has 1 fully saturated rings. The van der Waals surface area contributed by atoms with Gasteiger partial charge in [0.2, 0.25) is 0 Å². The minimum Gasteiger partial charge on any atom is -0.338 e. The second-order valence-electron chi connectivity index (χ2n) is 9.04. The standard InChI is InChI=1S/C29H27FN4O2/c30-24-11-7-10-23(19-24)28(35)32-27-26(20-31-34(27)25-12-5-2-6-13-25)29(36)33-16-14-22(15-17-33)18-21-8-3-1-4-9-21/h1-13,19-20,22H,14-18H2,(H,32,35). The fraction of sp³-hybridized carbons (Fsp3) is 0.207. The van der Waals surface area contributed by atoms with Gasteiger partial charge in [-0.3, -0.25) is 9.59 Å². The maximum absolute atomic E-state index is 13.7. The average Bonchev–Trinajstić information content (AvgIpc) is 3.33. The van der Waals surface area contributed by atoms with E-state index in [1.807, 2.05) is 41.3 Å². The zero-order chi connectivity index (χ0) is 24.9. The number of amides is 2. The van der Waals surface area contributed by atoms with Crippen molar-refractivity contribution < 1.29 is 14.0 Å². The summed E-state index contributed by atoms with van der Waals surface area (Å²) < 4.78 is 15.2. The smallest absolute Gasteiger partial charge is 0.259 e. The number of hydrogen-bond donors (Lipinski definition) is 1. The number of anilines is 1. The van der Waals surface area contributed by atoms with Crippen molar-refractivity contribution >= 4 is 17.6 Å². The van der Waals surface area contributed by atoms with Gasteiger partial charge in [-0.1, -0.05) is 54.6 Å². The predicted molar refractivity (Wildman–Crippen MR) is 137 cm³/mol. The third-order valence-electron chi connectivity index (χ3n) is 6.59. The summed E-state index contributed by atoms with van der Waals surface area (Å²) in [6.45, 7) is 1.29. The molecule has 1 aromatic heterocycles. The molecule has 0 radical (unpaired) electrons. The fourth-order valence-electron chi connectivity index (χ4n) is 4.66. The largest absolute Gasteiger partial charge is 0.338 e. The molecule has 4 aromatic rings. The molecule has 182 valence electrons. The van der Waals surface area contributed by atoms with E-state index in [1.165, 1.54) is 34.6 Å². The summed E-state index contributed by atoms with van der Waals surface area (Å²) in [5.41, 5.74) is 2.49. The lowest BCUT2D eigenvalue weighted by atomic mass is 9.90. The Morgan fingerprint density at radius 3 is 2.31 bits per heavy atom. The Hall–Kier alpha value is -4.26. The zero-order valence-corrected chi connectivity index (χ0v) is 19.8. The van der Waals surface area contributed by atoms with Gasteiger partial charge in [-0.25, -0.2) is 9.07 Å². The minimum atomic E-state index is -0.511. The lowest BCUT2D eigenvalue weighted by Crippen LogP contribution is -2.39. The van der Waals surface area contributed by atoms with Crippen molar-refractivity contribution in [3.63, 3.8) is 0 Å². The van der Waals surface area contributed by atoms with E-state index < -0.39 is 11.7 Å². The van der Waals surface area contributed by atoms with Gasteiger partial charge >= 0.3 is 0 Å². The average molecular weight is 483 g/mol. The van der Waals surface area contributed by atoms with E-state index in [0.717, 1.165) is 25.3 Å². The molecule has 0 spiro atoms. The molecule has 0 unspecified atom stereocenters. The summed E-state index contributed by atoms with van der Waals surface area (Å²) >= 11 is 0. The van der Waals surface area contributed by atoms with E-state index in [1.54, 1.807) is 0 Å². The number of aromatic nitrogens is 2. The van der Waals surface area contributed by atoms with Crippen molar-refractivity contribution in [3.05, 3.63) is 114 Å². The SMILES string of the molecule is O=C(Nc1c(C(=O)N2CCC(Cc3ccccc3)CC2)cnn1-c1ccccc1)c1cccc(F)c1. The van der Waals surface area contributed by atoms with Crippen molar-refractivity contribution in [3.8, 4) is 5.69 Å². The molecule has 6 nitrogen and oxygen atoms in total. The first-order valence-electron chi connectivity index (χ1n) is 12.1. The highest BCUT2D eigenvalue weighted by atomic mass is 19.1. The van der Waals surface area contributed by atoms with Crippen LogP contribution in [0.5, 0.6) is 0 Å². The van der Waals surface area contributed by atoms with Crippen LogP contribution >= 0.6 is 0 Å². The quantitative estimate of drug-likeness (QED) is 0.402. The Balaban J connectivity index is 1.36. The lowest BCUT2D eigenvalue weighted by Gasteiger charge is -2.32. The van der Waals surface area contributed by atoms with Crippen LogP contribution in [0, 0.1) is 11.7 Å². The highest BCUT2D eigenvalue weighted by Gasteiger charge is 2.28. The highest BCUT2D eigenvalue weighted by Crippen LogP contribution is 2.27. The Morgan fingerprint density at radius 1 is 0.917 bits per heavy atom. The number of likely N-dealkylation sites (tertiary alicyclic amines) is 1. The highest BCUT2D eigenvalue weighted by molar-refractivity contribution is 6.08. The summed E-state index contributed by atoms with van der Waals surface area (Å²) in [5.74, 6) is -0.399. The number of piperidine rings is 1. The second-order valence-corrected chi connectivity index (χ2v) is 9.04. The van der Waals surface area contributed by atoms with Gasteiger partial charge in [-0.15, -0.1) is 0 Å². The van der Waals surface area contributed by atoms with Crippen molar-refractivity contribution in [2.24, 2.45) is 5.92 Å². The van der Waals surface area contributed by atoms with Crippen molar-refractivity contribution in [1.29, 1.82) is 0 Å². The van der Waals surface area contributed by atoms with Crippen molar-refractivity contribution in [2.45, 2.75) is 19.3 Å². The van der Waals surface area contributed by atoms with Gasteiger partial charge in [0.25, 0.3) is 11.8 Å². The Labute approximate surface area is 209 Å². The van der Waals surface area contributed by atoms with Crippen LogP contribution in [0.4, 0.5) is 10.2 Å². The molecule has 0 aliphatic carbocycles. The van der Waals surface area contributed by atoms with Crippen LogP contribution in [0.15, 0.2) is 91.1 Å². The molecule has 5 rings (SSSR count). The van der Waals surface area contributed by atoms with E-state index >= 15 is 0 Å². The van der Waals surface area contributed by atoms with E-state index in [9.17, 15) is 14.0 Å². The van der Waals surface area contributed by atoms with Gasteiger partial charge in [0.1, 0.15) is 17.2 Å². The van der Waals surface area contributed by atoms with Gasteiger partial charge in [0, 0.05) is 18.7 Å². The number of carbonyl (C=O) groups excluding carboxylic acids is 2. The van der Waals surface area contributed by atoms with Gasteiger partial charge in [0.15, 0.2) is 0 Å². The molecular formula is C29H27FN4O2. The third-order valence-corrected chi connectivity index (χ3v) is 6.59. The normalized spacial score (nSPS) is 14.0. The lowest BCUT2D eigenvalue weighted by molar-refractivity contribution is 0.0691. The second kappa shape index (κ2) is 10.6. The van der Waals surface area contributed by atoms with E-state index in [-0.39, 0.29) is 17.3 Å². The molecule has 1 aliphatic rings. The molecule has 3 aromatic carbocycles. The van der Waals surface area contributed by atoms with Crippen LogP contribution in [0.2, 0.25) is 0 Å². The maximum atomic E-state index is 13.7. The van der Waals surface area contributed by atoms with Gasteiger partial charge in [0.05, 0.1) is 11.9 Å². The minimum absolute atomic E-state index is 0.163. The molecule has 0 bridgehead atoms. The summed E-state index contributed by atoms with van der Waals surface area (Å²) in [5, 5.41) is 7.23. The van der Waals surface area contributed by atoms with Crippen LogP contribution in [0.25, 0.3) is 5.69 Å². The Bertz CT molecular complexity index is 1350. The van der Waals surface area contributed by atoms with Crippen LogP contribution in [-0.4, -0.2) is 39.6 Å². The van der Waals surface area contributed by atoms with Crippen molar-refractivity contribution in [1.82, 2.24) is 14.7 Å². The van der Waals surface area contributed by atoms with Crippen molar-refractivity contribution in [2.75, 3.05) is 18.4 Å². The molecule has 0 saturated carbocycles.